The molecule has 0 amide bonds. The van der Waals surface area contributed by atoms with Crippen molar-refractivity contribution in [3.8, 4) is 0 Å². The molecule has 0 saturated heterocycles. The summed E-state index contributed by atoms with van der Waals surface area (Å²) in [7, 11) is 0. The van der Waals surface area contributed by atoms with Crippen LogP contribution in [0, 0.1) is 0 Å². The summed E-state index contributed by atoms with van der Waals surface area (Å²) in [5, 5.41) is 3.27. The van der Waals surface area contributed by atoms with E-state index in [0.29, 0.717) is 6.61 Å². The van der Waals surface area contributed by atoms with Crippen LogP contribution in [-0.2, 0) is 4.74 Å². The predicted octanol–water partition coefficient (Wildman–Crippen LogP) is 7.54. The van der Waals surface area contributed by atoms with Crippen molar-refractivity contribution in [2.24, 2.45) is 0 Å². The molecule has 0 fully saturated rings. The van der Waals surface area contributed by atoms with Crippen LogP contribution in [-0.4, -0.2) is 6.61 Å². The van der Waals surface area contributed by atoms with Crippen molar-refractivity contribution >= 4 is 33.7 Å². The van der Waals surface area contributed by atoms with Crippen LogP contribution in [0.1, 0.15) is 35.1 Å². The molecular formula is C27H21ClO. The molecule has 5 rings (SSSR count). The standard InChI is InChI=1S/C27H21ClO/c1-2-29-27-23-13-7-11-19-10-6-12-22(25(19)23)26(27)24(18-8-4-3-5-9-18)20-14-16-21(28)17-15-20/h3-17,24H,2H2,1H3. The summed E-state index contributed by atoms with van der Waals surface area (Å²) in [5.74, 6) is 1.05. The van der Waals surface area contributed by atoms with E-state index in [0.717, 1.165) is 10.8 Å². The van der Waals surface area contributed by atoms with E-state index in [4.69, 9.17) is 16.3 Å². The van der Waals surface area contributed by atoms with Crippen molar-refractivity contribution in [3.63, 3.8) is 0 Å². The Kier molecular flexibility index (Phi) is 4.61. The molecule has 142 valence electrons. The fourth-order valence-electron chi connectivity index (χ4n) is 4.43. The minimum absolute atomic E-state index is 0.0630. The number of rotatable bonds is 5. The van der Waals surface area contributed by atoms with Crippen LogP contribution in [0.25, 0.3) is 22.1 Å². The molecule has 0 saturated carbocycles. The quantitative estimate of drug-likeness (QED) is 0.338. The molecule has 1 aliphatic carbocycles. The van der Waals surface area contributed by atoms with Crippen molar-refractivity contribution < 1.29 is 4.74 Å². The van der Waals surface area contributed by atoms with Gasteiger partial charge in [-0.1, -0.05) is 90.5 Å². The Morgan fingerprint density at radius 1 is 0.724 bits per heavy atom. The molecule has 0 bridgehead atoms. The second-order valence-corrected chi connectivity index (χ2v) is 7.72. The lowest BCUT2D eigenvalue weighted by Crippen LogP contribution is -2.06. The average Bonchev–Trinajstić information content (AvgIpc) is 3.07. The molecule has 1 nitrogen and oxygen atoms in total. The van der Waals surface area contributed by atoms with E-state index < -0.39 is 0 Å². The summed E-state index contributed by atoms with van der Waals surface area (Å²) in [6.07, 6.45) is 0. The third-order valence-electron chi connectivity index (χ3n) is 5.60. The van der Waals surface area contributed by atoms with Gasteiger partial charge in [-0.15, -0.1) is 0 Å². The molecule has 4 aromatic carbocycles. The number of halogens is 1. The highest BCUT2D eigenvalue weighted by atomic mass is 35.5. The summed E-state index contributed by atoms with van der Waals surface area (Å²) >= 11 is 6.20. The lowest BCUT2D eigenvalue weighted by Gasteiger charge is -2.23. The van der Waals surface area contributed by atoms with E-state index in [-0.39, 0.29) is 5.92 Å². The van der Waals surface area contributed by atoms with Crippen LogP contribution in [0.4, 0.5) is 0 Å². The third kappa shape index (κ3) is 3.03. The summed E-state index contributed by atoms with van der Waals surface area (Å²) < 4.78 is 6.29. The summed E-state index contributed by atoms with van der Waals surface area (Å²) in [6, 6.07) is 31.8. The number of benzene rings is 4. The largest absolute Gasteiger partial charge is 0.493 e. The van der Waals surface area contributed by atoms with Gasteiger partial charge in [0, 0.05) is 27.5 Å². The first-order valence-electron chi connectivity index (χ1n) is 9.97. The molecule has 29 heavy (non-hydrogen) atoms. The van der Waals surface area contributed by atoms with Gasteiger partial charge in [-0.3, -0.25) is 0 Å². The van der Waals surface area contributed by atoms with Crippen molar-refractivity contribution in [2.75, 3.05) is 6.61 Å². The van der Waals surface area contributed by atoms with E-state index in [1.807, 2.05) is 19.1 Å². The zero-order valence-corrected chi connectivity index (χ0v) is 17.0. The fourth-order valence-corrected chi connectivity index (χ4v) is 4.56. The highest BCUT2D eigenvalue weighted by molar-refractivity contribution is 6.30. The topological polar surface area (TPSA) is 9.23 Å². The lowest BCUT2D eigenvalue weighted by atomic mass is 9.82. The summed E-state index contributed by atoms with van der Waals surface area (Å²) in [4.78, 5) is 0. The molecule has 0 spiro atoms. The second-order valence-electron chi connectivity index (χ2n) is 7.28. The molecule has 1 unspecified atom stereocenters. The van der Waals surface area contributed by atoms with Crippen LogP contribution < -0.4 is 0 Å². The van der Waals surface area contributed by atoms with E-state index in [1.54, 1.807) is 0 Å². The lowest BCUT2D eigenvalue weighted by molar-refractivity contribution is 0.299. The highest BCUT2D eigenvalue weighted by Gasteiger charge is 2.32. The molecule has 2 heteroatoms. The van der Waals surface area contributed by atoms with Crippen molar-refractivity contribution in [1.82, 2.24) is 0 Å². The monoisotopic (exact) mass is 396 g/mol. The van der Waals surface area contributed by atoms with E-state index in [1.165, 1.54) is 38.6 Å². The van der Waals surface area contributed by atoms with Gasteiger partial charge in [0.05, 0.1) is 6.61 Å². The minimum Gasteiger partial charge on any atom is -0.493 e. The van der Waals surface area contributed by atoms with Crippen LogP contribution in [0.3, 0.4) is 0 Å². The van der Waals surface area contributed by atoms with Gasteiger partial charge in [0.2, 0.25) is 0 Å². The van der Waals surface area contributed by atoms with Crippen LogP contribution in [0.15, 0.2) is 91.0 Å². The average molecular weight is 397 g/mol. The molecule has 0 radical (unpaired) electrons. The van der Waals surface area contributed by atoms with Gasteiger partial charge < -0.3 is 4.74 Å². The Labute approximate surface area is 176 Å². The molecule has 0 aliphatic heterocycles. The van der Waals surface area contributed by atoms with Crippen molar-refractivity contribution in [1.29, 1.82) is 0 Å². The second kappa shape index (κ2) is 7.42. The summed E-state index contributed by atoms with van der Waals surface area (Å²) in [6.45, 7) is 2.68. The molecule has 1 aliphatic rings. The third-order valence-corrected chi connectivity index (χ3v) is 5.85. The SMILES string of the molecule is CCOC1=C(C(c2ccccc2)c2ccc(Cl)cc2)c2cccc3cccc1c23. The molecular weight excluding hydrogens is 376 g/mol. The zero-order valence-electron chi connectivity index (χ0n) is 16.2. The highest BCUT2D eigenvalue weighted by Crippen LogP contribution is 2.50. The Morgan fingerprint density at radius 2 is 1.38 bits per heavy atom. The van der Waals surface area contributed by atoms with Gasteiger partial charge >= 0.3 is 0 Å². The molecule has 1 atom stereocenters. The molecule has 0 N–H and O–H groups in total. The van der Waals surface area contributed by atoms with Gasteiger partial charge in [-0.25, -0.2) is 0 Å². The van der Waals surface area contributed by atoms with E-state index in [2.05, 4.69) is 78.9 Å². The van der Waals surface area contributed by atoms with E-state index in [9.17, 15) is 0 Å². The normalized spacial score (nSPS) is 13.7. The molecule has 0 aromatic heterocycles. The first kappa shape index (κ1) is 18.0. The maximum Gasteiger partial charge on any atom is 0.131 e. The Hall–Kier alpha value is -3.03. The number of allylic oxidation sites excluding steroid dienone is 1. The van der Waals surface area contributed by atoms with Crippen LogP contribution >= 0.6 is 11.6 Å². The first-order chi connectivity index (χ1) is 14.3. The van der Waals surface area contributed by atoms with Gasteiger partial charge in [-0.2, -0.15) is 0 Å². The summed E-state index contributed by atoms with van der Waals surface area (Å²) in [5.41, 5.74) is 6.12. The van der Waals surface area contributed by atoms with E-state index >= 15 is 0 Å². The number of ether oxygens (including phenoxy) is 1. The van der Waals surface area contributed by atoms with Crippen LogP contribution in [0.5, 0.6) is 0 Å². The predicted molar refractivity (Wildman–Crippen MR) is 122 cm³/mol. The maximum absolute atomic E-state index is 6.29. The molecule has 0 heterocycles. The van der Waals surface area contributed by atoms with Crippen LogP contribution in [0.2, 0.25) is 5.02 Å². The zero-order chi connectivity index (χ0) is 19.8. The van der Waals surface area contributed by atoms with Gasteiger partial charge in [0.1, 0.15) is 5.76 Å². The first-order valence-corrected chi connectivity index (χ1v) is 10.4. The van der Waals surface area contributed by atoms with Crippen molar-refractivity contribution in [3.05, 3.63) is 118 Å². The Bertz CT molecular complexity index is 1200. The molecule has 4 aromatic rings. The van der Waals surface area contributed by atoms with Gasteiger partial charge in [0.15, 0.2) is 0 Å². The number of hydrogen-bond acceptors (Lipinski definition) is 1. The maximum atomic E-state index is 6.29. The number of hydrogen-bond donors (Lipinski definition) is 0. The van der Waals surface area contributed by atoms with Crippen molar-refractivity contribution in [2.45, 2.75) is 12.8 Å². The fraction of sp³-hybridized carbons (Fsp3) is 0.111. The Balaban J connectivity index is 1.82. The smallest absolute Gasteiger partial charge is 0.131 e. The Morgan fingerprint density at radius 3 is 2.07 bits per heavy atom. The van der Waals surface area contributed by atoms with Gasteiger partial charge in [-0.05, 0) is 41.1 Å². The van der Waals surface area contributed by atoms with Gasteiger partial charge in [0.25, 0.3) is 0 Å². The minimum atomic E-state index is 0.0630.